The molecule has 0 aromatic carbocycles. The third-order valence-corrected chi connectivity index (χ3v) is 4.31. The van der Waals surface area contributed by atoms with E-state index in [1.165, 1.54) is 0 Å². The fourth-order valence-electron chi connectivity index (χ4n) is 3.09. The molecule has 6 heteroatoms. The van der Waals surface area contributed by atoms with Crippen LogP contribution in [-0.4, -0.2) is 60.0 Å². The number of hydrogen-bond acceptors (Lipinski definition) is 5. The molecule has 0 radical (unpaired) electrons. The van der Waals surface area contributed by atoms with Gasteiger partial charge in [0, 0.05) is 13.1 Å². The SMILES string of the molecule is CN1CCCN(C)C(c2nc3c(c(=O)[nH]2)CCCN3)C1. The summed E-state index contributed by atoms with van der Waals surface area (Å²) < 4.78 is 0. The average molecular weight is 277 g/mol. The number of aromatic nitrogens is 2. The first-order valence-corrected chi connectivity index (χ1v) is 7.41. The maximum atomic E-state index is 12.2. The van der Waals surface area contributed by atoms with Gasteiger partial charge < -0.3 is 15.2 Å². The van der Waals surface area contributed by atoms with Crippen molar-refractivity contribution in [1.29, 1.82) is 0 Å². The second kappa shape index (κ2) is 5.54. The molecule has 1 fully saturated rings. The number of nitrogens with one attached hydrogen (secondary N) is 2. The third kappa shape index (κ3) is 2.58. The highest BCUT2D eigenvalue weighted by molar-refractivity contribution is 5.45. The van der Waals surface area contributed by atoms with Crippen molar-refractivity contribution in [3.63, 3.8) is 0 Å². The minimum Gasteiger partial charge on any atom is -0.370 e. The molecule has 0 spiro atoms. The first-order valence-electron chi connectivity index (χ1n) is 7.41. The topological polar surface area (TPSA) is 64.3 Å². The van der Waals surface area contributed by atoms with E-state index in [2.05, 4.69) is 39.2 Å². The molecule has 0 aliphatic carbocycles. The number of hydrogen-bond donors (Lipinski definition) is 2. The molecule has 0 amide bonds. The van der Waals surface area contributed by atoms with Crippen molar-refractivity contribution >= 4 is 5.82 Å². The first kappa shape index (κ1) is 13.6. The van der Waals surface area contributed by atoms with E-state index in [-0.39, 0.29) is 11.6 Å². The lowest BCUT2D eigenvalue weighted by atomic mass is 10.1. The highest BCUT2D eigenvalue weighted by atomic mass is 16.1. The van der Waals surface area contributed by atoms with E-state index in [1.807, 2.05) is 0 Å². The van der Waals surface area contributed by atoms with E-state index in [1.54, 1.807) is 0 Å². The van der Waals surface area contributed by atoms with Crippen molar-refractivity contribution in [3.05, 3.63) is 21.7 Å². The van der Waals surface area contributed by atoms with Gasteiger partial charge in [-0.05, 0) is 46.4 Å². The van der Waals surface area contributed by atoms with Crippen molar-refractivity contribution < 1.29 is 0 Å². The van der Waals surface area contributed by atoms with Gasteiger partial charge in [0.05, 0.1) is 11.6 Å². The van der Waals surface area contributed by atoms with E-state index in [4.69, 9.17) is 0 Å². The molecule has 1 aromatic rings. The second-order valence-corrected chi connectivity index (χ2v) is 5.92. The first-order chi connectivity index (χ1) is 9.65. The Morgan fingerprint density at radius 2 is 2.10 bits per heavy atom. The zero-order valence-electron chi connectivity index (χ0n) is 12.3. The number of likely N-dealkylation sites (N-methyl/N-ethyl adjacent to an activating group) is 2. The minimum atomic E-state index is 0.0255. The van der Waals surface area contributed by atoms with Crippen LogP contribution >= 0.6 is 0 Å². The van der Waals surface area contributed by atoms with Crippen LogP contribution in [0.25, 0.3) is 0 Å². The van der Waals surface area contributed by atoms with Crippen LogP contribution < -0.4 is 10.9 Å². The van der Waals surface area contributed by atoms with Crippen molar-refractivity contribution in [2.24, 2.45) is 0 Å². The van der Waals surface area contributed by atoms with Crippen LogP contribution in [0.3, 0.4) is 0 Å². The van der Waals surface area contributed by atoms with Crippen LogP contribution in [0.1, 0.15) is 30.3 Å². The Labute approximate surface area is 119 Å². The number of aromatic amines is 1. The summed E-state index contributed by atoms with van der Waals surface area (Å²) in [5, 5.41) is 3.26. The Bertz CT molecular complexity index is 541. The number of anilines is 1. The summed E-state index contributed by atoms with van der Waals surface area (Å²) in [7, 11) is 4.23. The Hall–Kier alpha value is -1.40. The van der Waals surface area contributed by atoms with Crippen LogP contribution in [0, 0.1) is 0 Å². The number of rotatable bonds is 1. The third-order valence-electron chi connectivity index (χ3n) is 4.31. The standard InChI is InChI=1S/C14H23N5O/c1-18-7-4-8-19(2)11(9-18)13-16-12-10(14(20)17-13)5-3-6-15-12/h11H,3-9H2,1-2H3,(H2,15,16,17,20). The van der Waals surface area contributed by atoms with Gasteiger partial charge in [0.25, 0.3) is 5.56 Å². The summed E-state index contributed by atoms with van der Waals surface area (Å²) in [4.78, 5) is 24.5. The molecule has 0 saturated carbocycles. The molecule has 3 rings (SSSR count). The van der Waals surface area contributed by atoms with Crippen LogP contribution in [0.5, 0.6) is 0 Å². The van der Waals surface area contributed by atoms with Crippen molar-refractivity contribution in [2.75, 3.05) is 45.6 Å². The molecule has 20 heavy (non-hydrogen) atoms. The van der Waals surface area contributed by atoms with Gasteiger partial charge in [-0.15, -0.1) is 0 Å². The van der Waals surface area contributed by atoms with E-state index in [0.29, 0.717) is 0 Å². The Morgan fingerprint density at radius 3 is 2.95 bits per heavy atom. The normalized spacial score (nSPS) is 24.8. The van der Waals surface area contributed by atoms with Crippen LogP contribution in [0.4, 0.5) is 5.82 Å². The smallest absolute Gasteiger partial charge is 0.256 e. The van der Waals surface area contributed by atoms with E-state index < -0.39 is 0 Å². The molecule has 1 aromatic heterocycles. The van der Waals surface area contributed by atoms with Gasteiger partial charge in [-0.3, -0.25) is 9.69 Å². The fourth-order valence-corrected chi connectivity index (χ4v) is 3.09. The number of H-pyrrole nitrogens is 1. The van der Waals surface area contributed by atoms with Gasteiger partial charge in [-0.2, -0.15) is 0 Å². The van der Waals surface area contributed by atoms with E-state index in [9.17, 15) is 4.79 Å². The van der Waals surface area contributed by atoms with Crippen LogP contribution in [-0.2, 0) is 6.42 Å². The molecule has 1 saturated heterocycles. The summed E-state index contributed by atoms with van der Waals surface area (Å²) >= 11 is 0. The molecule has 1 unspecified atom stereocenters. The van der Waals surface area contributed by atoms with E-state index in [0.717, 1.165) is 62.6 Å². The van der Waals surface area contributed by atoms with Crippen molar-refractivity contribution in [3.8, 4) is 0 Å². The second-order valence-electron chi connectivity index (χ2n) is 5.92. The van der Waals surface area contributed by atoms with Gasteiger partial charge in [-0.1, -0.05) is 0 Å². The van der Waals surface area contributed by atoms with Gasteiger partial charge in [-0.25, -0.2) is 4.98 Å². The molecular formula is C14H23N5O. The zero-order valence-corrected chi connectivity index (χ0v) is 12.3. The lowest BCUT2D eigenvalue weighted by Crippen LogP contribution is -2.34. The van der Waals surface area contributed by atoms with Gasteiger partial charge >= 0.3 is 0 Å². The summed E-state index contributed by atoms with van der Waals surface area (Å²) in [6, 6.07) is 0.157. The summed E-state index contributed by atoms with van der Waals surface area (Å²) in [5.74, 6) is 1.58. The van der Waals surface area contributed by atoms with Crippen molar-refractivity contribution in [2.45, 2.75) is 25.3 Å². The van der Waals surface area contributed by atoms with Gasteiger partial charge in [0.1, 0.15) is 11.6 Å². The highest BCUT2D eigenvalue weighted by Crippen LogP contribution is 2.22. The van der Waals surface area contributed by atoms with Crippen LogP contribution in [0.2, 0.25) is 0 Å². The molecule has 6 nitrogen and oxygen atoms in total. The molecule has 3 heterocycles. The Morgan fingerprint density at radius 1 is 1.25 bits per heavy atom. The van der Waals surface area contributed by atoms with Gasteiger partial charge in [0.2, 0.25) is 0 Å². The lowest BCUT2D eigenvalue weighted by Gasteiger charge is -2.27. The predicted octanol–water partition coefficient (Wildman–Crippen LogP) is 0.436. The molecule has 0 bridgehead atoms. The highest BCUT2D eigenvalue weighted by Gasteiger charge is 2.26. The quantitative estimate of drug-likeness (QED) is 0.780. The zero-order chi connectivity index (χ0) is 14.1. The number of nitrogens with zero attached hydrogens (tertiary/aromatic N) is 3. The summed E-state index contributed by atoms with van der Waals surface area (Å²) in [6.07, 6.45) is 2.98. The Kier molecular flexibility index (Phi) is 3.76. The molecule has 2 N–H and O–H groups in total. The maximum absolute atomic E-state index is 12.2. The molecule has 110 valence electrons. The van der Waals surface area contributed by atoms with Crippen molar-refractivity contribution in [1.82, 2.24) is 19.8 Å². The van der Waals surface area contributed by atoms with Crippen LogP contribution in [0.15, 0.2) is 4.79 Å². The minimum absolute atomic E-state index is 0.0255. The lowest BCUT2D eigenvalue weighted by molar-refractivity contribution is 0.219. The number of fused-ring (bicyclic) bond motifs is 1. The molecule has 2 aliphatic rings. The molecule has 1 atom stereocenters. The molecule has 2 aliphatic heterocycles. The summed E-state index contributed by atoms with van der Waals surface area (Å²) in [6.45, 7) is 3.93. The Balaban J connectivity index is 1.96. The van der Waals surface area contributed by atoms with E-state index >= 15 is 0 Å². The average Bonchev–Trinajstić information content (AvgIpc) is 2.60. The monoisotopic (exact) mass is 277 g/mol. The largest absolute Gasteiger partial charge is 0.370 e. The maximum Gasteiger partial charge on any atom is 0.256 e. The molecular weight excluding hydrogens is 254 g/mol. The predicted molar refractivity (Wildman–Crippen MR) is 79.2 cm³/mol. The van der Waals surface area contributed by atoms with Gasteiger partial charge in [0.15, 0.2) is 0 Å². The fraction of sp³-hybridized carbons (Fsp3) is 0.714. The summed E-state index contributed by atoms with van der Waals surface area (Å²) in [5.41, 5.74) is 0.835.